The highest BCUT2D eigenvalue weighted by Gasteiger charge is 2.33. The quantitative estimate of drug-likeness (QED) is 0.261. The van der Waals surface area contributed by atoms with Crippen LogP contribution in [-0.2, 0) is 26.2 Å². The summed E-state index contributed by atoms with van der Waals surface area (Å²) < 4.78 is 34.4. The normalized spacial score (nSPS) is 11.9. The molecule has 0 spiro atoms. The molecule has 1 N–H and O–H groups in total. The highest BCUT2D eigenvalue weighted by Crippen LogP contribution is 2.27. The van der Waals surface area contributed by atoms with E-state index in [9.17, 15) is 18.0 Å². The Kier molecular flexibility index (Phi) is 11.6. The number of benzene rings is 3. The molecule has 0 radical (unpaired) electrons. The molecule has 0 aliphatic carbocycles. The molecular weight excluding hydrogens is 562 g/mol. The van der Waals surface area contributed by atoms with E-state index < -0.39 is 28.5 Å². The number of ether oxygens (including phenoxy) is 1. The number of carbonyl (C=O) groups excluding carboxylic acids is 2. The Morgan fingerprint density at radius 1 is 0.927 bits per heavy atom. The Labute approximate surface area is 248 Å². The summed E-state index contributed by atoms with van der Waals surface area (Å²) in [6, 6.07) is 19.2. The number of halogens is 1. The molecule has 0 aromatic heterocycles. The van der Waals surface area contributed by atoms with Crippen molar-refractivity contribution in [1.82, 2.24) is 10.2 Å². The van der Waals surface area contributed by atoms with Crippen molar-refractivity contribution in [3.63, 3.8) is 0 Å². The van der Waals surface area contributed by atoms with Crippen molar-refractivity contribution in [3.8, 4) is 5.75 Å². The van der Waals surface area contributed by atoms with Crippen LogP contribution in [0.25, 0.3) is 0 Å². The number of nitrogens with zero attached hydrogens (tertiary/aromatic N) is 2. The minimum Gasteiger partial charge on any atom is -0.494 e. The number of rotatable bonds is 14. The number of hydrogen-bond acceptors (Lipinski definition) is 5. The number of anilines is 1. The van der Waals surface area contributed by atoms with Crippen LogP contribution in [0.2, 0.25) is 5.02 Å². The van der Waals surface area contributed by atoms with Gasteiger partial charge in [0.25, 0.3) is 10.0 Å². The molecule has 0 saturated heterocycles. The minimum absolute atomic E-state index is 0.0126. The van der Waals surface area contributed by atoms with Crippen molar-refractivity contribution >= 4 is 39.1 Å². The third-order valence-corrected chi connectivity index (χ3v) is 8.56. The molecule has 1 atom stereocenters. The predicted molar refractivity (Wildman–Crippen MR) is 163 cm³/mol. The summed E-state index contributed by atoms with van der Waals surface area (Å²) in [5, 5.41) is 3.28. The van der Waals surface area contributed by atoms with Crippen LogP contribution in [-0.4, -0.2) is 50.9 Å². The van der Waals surface area contributed by atoms with Crippen molar-refractivity contribution in [2.24, 2.45) is 0 Å². The first-order valence-electron chi connectivity index (χ1n) is 13.7. The summed E-state index contributed by atoms with van der Waals surface area (Å²) in [7, 11) is -4.18. The van der Waals surface area contributed by atoms with Gasteiger partial charge in [-0.25, -0.2) is 8.42 Å². The number of nitrogens with one attached hydrogen (secondary N) is 1. The van der Waals surface area contributed by atoms with Gasteiger partial charge in [-0.15, -0.1) is 0 Å². The van der Waals surface area contributed by atoms with Gasteiger partial charge in [-0.05, 0) is 80.8 Å². The molecule has 0 bridgehead atoms. The Bertz CT molecular complexity index is 1400. The molecule has 10 heteroatoms. The van der Waals surface area contributed by atoms with Crippen LogP contribution >= 0.6 is 11.6 Å². The lowest BCUT2D eigenvalue weighted by Crippen LogP contribution is -2.52. The molecule has 0 unspecified atom stereocenters. The van der Waals surface area contributed by atoms with Crippen molar-refractivity contribution in [1.29, 1.82) is 0 Å². The summed E-state index contributed by atoms with van der Waals surface area (Å²) in [5.74, 6) is -0.204. The molecule has 2 amide bonds. The van der Waals surface area contributed by atoms with Crippen molar-refractivity contribution < 1.29 is 22.7 Å². The number of sulfonamides is 1. The summed E-state index contributed by atoms with van der Waals surface area (Å²) in [5.41, 5.74) is 2.18. The predicted octanol–water partition coefficient (Wildman–Crippen LogP) is 5.58. The lowest BCUT2D eigenvalue weighted by atomic mass is 10.1. The highest BCUT2D eigenvalue weighted by molar-refractivity contribution is 7.92. The zero-order valence-corrected chi connectivity index (χ0v) is 25.5. The maximum atomic E-state index is 14.1. The standard InChI is InChI=1S/C31H38ClN3O5S/c1-5-20-33-31(37)29(6-2)34(21-24-10-8-23(4)9-11-24)30(36)22-35(26-14-16-27(17-15-26)40-7-3)41(38,39)28-18-12-25(32)13-19-28/h8-19,29H,5-7,20-22H2,1-4H3,(H,33,37)/t29-/m1/s1. The molecule has 0 aliphatic rings. The first-order chi connectivity index (χ1) is 19.6. The van der Waals surface area contributed by atoms with Crippen molar-refractivity contribution in [2.45, 2.75) is 58.0 Å². The third kappa shape index (κ3) is 8.47. The van der Waals surface area contributed by atoms with Crippen LogP contribution in [0.5, 0.6) is 5.75 Å². The summed E-state index contributed by atoms with van der Waals surface area (Å²) in [6.07, 6.45) is 1.11. The summed E-state index contributed by atoms with van der Waals surface area (Å²) >= 11 is 6.01. The topological polar surface area (TPSA) is 96.0 Å². The van der Waals surface area contributed by atoms with Gasteiger partial charge in [0.05, 0.1) is 17.2 Å². The third-order valence-electron chi connectivity index (χ3n) is 6.52. The number of carbonyl (C=O) groups is 2. The molecule has 3 aromatic rings. The molecule has 0 aliphatic heterocycles. The van der Waals surface area contributed by atoms with Gasteiger partial charge in [0.2, 0.25) is 11.8 Å². The second-order valence-corrected chi connectivity index (χ2v) is 11.9. The number of hydrogen-bond donors (Lipinski definition) is 1. The van der Waals surface area contributed by atoms with Gasteiger partial charge in [-0.1, -0.05) is 55.3 Å². The molecule has 8 nitrogen and oxygen atoms in total. The highest BCUT2D eigenvalue weighted by atomic mass is 35.5. The second-order valence-electron chi connectivity index (χ2n) is 9.61. The van der Waals surface area contributed by atoms with Crippen LogP contribution in [0.15, 0.2) is 77.7 Å². The smallest absolute Gasteiger partial charge is 0.264 e. The van der Waals surface area contributed by atoms with Crippen LogP contribution in [0.4, 0.5) is 5.69 Å². The zero-order chi connectivity index (χ0) is 30.0. The Morgan fingerprint density at radius 3 is 2.12 bits per heavy atom. The fraction of sp³-hybridized carbons (Fsp3) is 0.355. The van der Waals surface area contributed by atoms with Crippen LogP contribution in [0, 0.1) is 6.92 Å². The van der Waals surface area contributed by atoms with Crippen molar-refractivity contribution in [2.75, 3.05) is 24.0 Å². The SMILES string of the molecule is CCCNC(=O)[C@@H](CC)N(Cc1ccc(C)cc1)C(=O)CN(c1ccc(OCC)cc1)S(=O)(=O)c1ccc(Cl)cc1. The van der Waals surface area contributed by atoms with E-state index in [1.165, 1.54) is 29.2 Å². The Balaban J connectivity index is 2.04. The molecular formula is C31H38ClN3O5S. The first-order valence-corrected chi connectivity index (χ1v) is 15.6. The fourth-order valence-corrected chi connectivity index (χ4v) is 5.85. The largest absolute Gasteiger partial charge is 0.494 e. The average molecular weight is 600 g/mol. The average Bonchev–Trinajstić information content (AvgIpc) is 2.96. The van der Waals surface area contributed by atoms with Crippen molar-refractivity contribution in [3.05, 3.63) is 88.9 Å². The van der Waals surface area contributed by atoms with E-state index in [2.05, 4.69) is 5.32 Å². The van der Waals surface area contributed by atoms with E-state index in [4.69, 9.17) is 16.3 Å². The lowest BCUT2D eigenvalue weighted by molar-refractivity contribution is -0.140. The molecule has 0 saturated carbocycles. The molecule has 220 valence electrons. The van der Waals surface area contributed by atoms with Gasteiger partial charge in [0.15, 0.2) is 0 Å². The fourth-order valence-electron chi connectivity index (χ4n) is 4.31. The van der Waals surface area contributed by atoms with E-state index in [0.29, 0.717) is 30.3 Å². The Hall–Kier alpha value is -3.56. The number of aryl methyl sites for hydroxylation is 1. The molecule has 3 aromatic carbocycles. The maximum absolute atomic E-state index is 14.1. The van der Waals surface area contributed by atoms with Gasteiger partial charge >= 0.3 is 0 Å². The lowest BCUT2D eigenvalue weighted by Gasteiger charge is -2.33. The van der Waals surface area contributed by atoms with Gasteiger partial charge in [0.1, 0.15) is 18.3 Å². The van der Waals surface area contributed by atoms with Gasteiger partial charge in [-0.3, -0.25) is 13.9 Å². The van der Waals surface area contributed by atoms with Crippen LogP contribution in [0.1, 0.15) is 44.7 Å². The van der Waals surface area contributed by atoms with Gasteiger partial charge in [-0.2, -0.15) is 0 Å². The summed E-state index contributed by atoms with van der Waals surface area (Å²) in [6.45, 7) is 8.18. The number of amides is 2. The molecule has 3 rings (SSSR count). The van der Waals surface area contributed by atoms with Gasteiger partial charge < -0.3 is 15.0 Å². The van der Waals surface area contributed by atoms with Crippen LogP contribution in [0.3, 0.4) is 0 Å². The first kappa shape index (κ1) is 32.0. The van der Waals surface area contributed by atoms with E-state index in [1.54, 1.807) is 24.3 Å². The molecule has 41 heavy (non-hydrogen) atoms. The molecule has 0 heterocycles. The van der Waals surface area contributed by atoms with E-state index >= 15 is 0 Å². The van der Waals surface area contributed by atoms with Crippen LogP contribution < -0.4 is 14.4 Å². The Morgan fingerprint density at radius 2 is 1.56 bits per heavy atom. The van der Waals surface area contributed by atoms with E-state index in [1.807, 2.05) is 52.0 Å². The maximum Gasteiger partial charge on any atom is 0.264 e. The zero-order valence-electron chi connectivity index (χ0n) is 24.0. The second kappa shape index (κ2) is 14.9. The summed E-state index contributed by atoms with van der Waals surface area (Å²) in [4.78, 5) is 28.7. The molecule has 0 fully saturated rings. The minimum atomic E-state index is -4.18. The monoisotopic (exact) mass is 599 g/mol. The van der Waals surface area contributed by atoms with E-state index in [0.717, 1.165) is 21.9 Å². The van der Waals surface area contributed by atoms with Gasteiger partial charge in [0, 0.05) is 18.1 Å². The van der Waals surface area contributed by atoms with E-state index in [-0.39, 0.29) is 23.0 Å².